The first-order chi connectivity index (χ1) is 8.27. The number of rotatable bonds is 3. The van der Waals surface area contributed by atoms with Gasteiger partial charge in [-0.05, 0) is 11.6 Å². The number of carbonyl (C=O) groups excluding carboxylic acids is 2. The van der Waals surface area contributed by atoms with Gasteiger partial charge in [-0.25, -0.2) is 4.98 Å². The maximum absolute atomic E-state index is 11.5. The number of hydrogen-bond donors (Lipinski definition) is 0. The third-order valence-electron chi connectivity index (χ3n) is 2.18. The molecule has 0 bridgehead atoms. The van der Waals surface area contributed by atoms with Crippen molar-refractivity contribution in [1.29, 1.82) is 0 Å². The third kappa shape index (κ3) is 2.75. The molecule has 2 aromatic rings. The predicted octanol–water partition coefficient (Wildman–Crippen LogP) is 1.81. The van der Waals surface area contributed by atoms with Crippen LogP contribution < -0.4 is 0 Å². The zero-order valence-electron chi connectivity index (χ0n) is 8.98. The molecule has 1 aromatic heterocycles. The normalized spacial score (nSPS) is 10.6. The van der Waals surface area contributed by atoms with E-state index in [1.165, 1.54) is 24.8 Å². The predicted molar refractivity (Wildman–Crippen MR) is 63.3 cm³/mol. The van der Waals surface area contributed by atoms with Gasteiger partial charge >= 0.3 is 5.91 Å². The van der Waals surface area contributed by atoms with Crippen LogP contribution in [0, 0.1) is 0 Å². The molecule has 4 heteroatoms. The Kier molecular flexibility index (Phi) is 3.25. The highest BCUT2D eigenvalue weighted by atomic mass is 16.2. The Bertz CT molecular complexity index is 542. The molecule has 1 heterocycles. The number of carbonyl (C=O) groups is 2. The lowest BCUT2D eigenvalue weighted by Crippen LogP contribution is -2.18. The van der Waals surface area contributed by atoms with Gasteiger partial charge in [-0.15, -0.1) is 0 Å². The number of nitrogens with zero attached hydrogens (tertiary/aromatic N) is 2. The Balaban J connectivity index is 2.08. The van der Waals surface area contributed by atoms with Crippen LogP contribution in [-0.2, 0) is 4.79 Å². The van der Waals surface area contributed by atoms with Crippen molar-refractivity contribution in [2.24, 2.45) is 0 Å². The van der Waals surface area contributed by atoms with Gasteiger partial charge < -0.3 is 0 Å². The Hall–Kier alpha value is -2.49. The maximum atomic E-state index is 11.5. The summed E-state index contributed by atoms with van der Waals surface area (Å²) in [5.74, 6) is -1.19. The molecule has 0 saturated carbocycles. The number of ketones is 1. The highest BCUT2D eigenvalue weighted by Gasteiger charge is 2.11. The topological polar surface area (TPSA) is 52.0 Å². The van der Waals surface area contributed by atoms with E-state index in [9.17, 15) is 9.59 Å². The van der Waals surface area contributed by atoms with Crippen LogP contribution in [0.4, 0.5) is 0 Å². The Labute approximate surface area is 98.2 Å². The maximum Gasteiger partial charge on any atom is 0.303 e. The molecule has 0 radical (unpaired) electrons. The Morgan fingerprint density at radius 2 is 1.94 bits per heavy atom. The molecule has 2 rings (SSSR count). The van der Waals surface area contributed by atoms with Gasteiger partial charge in [-0.3, -0.25) is 14.2 Å². The third-order valence-corrected chi connectivity index (χ3v) is 2.18. The minimum atomic E-state index is -0.616. The number of allylic oxidation sites excluding steroid dienone is 1. The molecule has 0 fully saturated rings. The molecule has 1 aromatic carbocycles. The lowest BCUT2D eigenvalue weighted by Gasteiger charge is -1.95. The Morgan fingerprint density at radius 3 is 2.59 bits per heavy atom. The summed E-state index contributed by atoms with van der Waals surface area (Å²) in [5.41, 5.74) is 0.874. The number of imidazole rings is 1. The van der Waals surface area contributed by atoms with Crippen molar-refractivity contribution in [1.82, 2.24) is 9.55 Å². The molecule has 0 aliphatic heterocycles. The summed E-state index contributed by atoms with van der Waals surface area (Å²) in [4.78, 5) is 26.8. The van der Waals surface area contributed by atoms with Crippen molar-refractivity contribution in [3.05, 3.63) is 60.7 Å². The van der Waals surface area contributed by atoms with Gasteiger partial charge in [0.2, 0.25) is 5.78 Å². The first-order valence-corrected chi connectivity index (χ1v) is 5.07. The molecule has 0 saturated heterocycles. The van der Waals surface area contributed by atoms with Gasteiger partial charge in [-0.2, -0.15) is 0 Å². The quantitative estimate of drug-likeness (QED) is 0.592. The van der Waals surface area contributed by atoms with Gasteiger partial charge in [0.25, 0.3) is 0 Å². The molecule has 4 nitrogen and oxygen atoms in total. The second kappa shape index (κ2) is 5.03. The second-order valence-corrected chi connectivity index (χ2v) is 3.38. The summed E-state index contributed by atoms with van der Waals surface area (Å²) in [7, 11) is 0. The number of aromatic nitrogens is 2. The molecular formula is C13H10N2O2. The van der Waals surface area contributed by atoms with Crippen LogP contribution >= 0.6 is 0 Å². The summed E-state index contributed by atoms with van der Waals surface area (Å²) in [5, 5.41) is 0. The monoisotopic (exact) mass is 226 g/mol. The van der Waals surface area contributed by atoms with Gasteiger partial charge in [0.05, 0.1) is 0 Å². The second-order valence-electron chi connectivity index (χ2n) is 3.38. The lowest BCUT2D eigenvalue weighted by atomic mass is 10.2. The molecule has 0 aliphatic carbocycles. The van der Waals surface area contributed by atoms with Crippen LogP contribution in [0.15, 0.2) is 55.1 Å². The van der Waals surface area contributed by atoms with Crippen molar-refractivity contribution in [3.8, 4) is 0 Å². The summed E-state index contributed by atoms with van der Waals surface area (Å²) >= 11 is 0. The summed E-state index contributed by atoms with van der Waals surface area (Å²) in [6.07, 6.45) is 7.06. The van der Waals surface area contributed by atoms with Crippen LogP contribution in [0.1, 0.15) is 10.4 Å². The van der Waals surface area contributed by atoms with E-state index in [1.54, 1.807) is 6.08 Å². The van der Waals surface area contributed by atoms with Gasteiger partial charge in [-0.1, -0.05) is 36.4 Å². The molecule has 0 spiro atoms. The molecule has 84 valence electrons. The first kappa shape index (κ1) is 11.0. The summed E-state index contributed by atoms with van der Waals surface area (Å²) < 4.78 is 1.15. The molecule has 0 N–H and O–H groups in total. The van der Waals surface area contributed by atoms with Gasteiger partial charge in [0.1, 0.15) is 6.33 Å². The van der Waals surface area contributed by atoms with Crippen molar-refractivity contribution < 1.29 is 9.59 Å². The van der Waals surface area contributed by atoms with E-state index in [1.807, 2.05) is 30.3 Å². The molecule has 0 unspecified atom stereocenters. The van der Waals surface area contributed by atoms with Crippen molar-refractivity contribution in [3.63, 3.8) is 0 Å². The number of benzene rings is 1. The van der Waals surface area contributed by atoms with E-state index in [4.69, 9.17) is 0 Å². The molecule has 0 amide bonds. The minimum Gasteiger partial charge on any atom is -0.284 e. The Morgan fingerprint density at radius 1 is 1.18 bits per heavy atom. The highest BCUT2D eigenvalue weighted by molar-refractivity contribution is 6.42. The fourth-order valence-electron chi connectivity index (χ4n) is 1.31. The van der Waals surface area contributed by atoms with E-state index in [2.05, 4.69) is 4.98 Å². The van der Waals surface area contributed by atoms with Gasteiger partial charge in [0, 0.05) is 12.4 Å². The van der Waals surface area contributed by atoms with E-state index < -0.39 is 11.7 Å². The van der Waals surface area contributed by atoms with Crippen LogP contribution in [-0.4, -0.2) is 21.2 Å². The van der Waals surface area contributed by atoms with Crippen LogP contribution in [0.2, 0.25) is 0 Å². The fourth-order valence-corrected chi connectivity index (χ4v) is 1.31. The van der Waals surface area contributed by atoms with E-state index in [0.29, 0.717) is 0 Å². The first-order valence-electron chi connectivity index (χ1n) is 5.07. The smallest absolute Gasteiger partial charge is 0.284 e. The standard InChI is InChI=1S/C13H10N2O2/c16-12(13(17)15-9-8-14-10-15)7-6-11-4-2-1-3-5-11/h1-10H/b7-6+. The highest BCUT2D eigenvalue weighted by Crippen LogP contribution is 2.01. The molecule has 0 aliphatic rings. The SMILES string of the molecule is O=C(/C=C/c1ccccc1)C(=O)n1ccnc1. The van der Waals surface area contributed by atoms with Crippen molar-refractivity contribution in [2.75, 3.05) is 0 Å². The zero-order chi connectivity index (χ0) is 12.1. The zero-order valence-corrected chi connectivity index (χ0v) is 8.98. The van der Waals surface area contributed by atoms with Crippen LogP contribution in [0.3, 0.4) is 0 Å². The van der Waals surface area contributed by atoms with E-state index in [-0.39, 0.29) is 0 Å². The largest absolute Gasteiger partial charge is 0.303 e. The lowest BCUT2D eigenvalue weighted by molar-refractivity contribution is -0.111. The fraction of sp³-hybridized carbons (Fsp3) is 0. The average Bonchev–Trinajstić information content (AvgIpc) is 2.90. The number of hydrogen-bond acceptors (Lipinski definition) is 3. The van der Waals surface area contributed by atoms with E-state index in [0.717, 1.165) is 10.1 Å². The van der Waals surface area contributed by atoms with Crippen molar-refractivity contribution >= 4 is 17.8 Å². The van der Waals surface area contributed by atoms with Crippen LogP contribution in [0.5, 0.6) is 0 Å². The molecule has 0 atom stereocenters. The van der Waals surface area contributed by atoms with Gasteiger partial charge in [0.15, 0.2) is 0 Å². The molecular weight excluding hydrogens is 216 g/mol. The summed E-state index contributed by atoms with van der Waals surface area (Å²) in [6, 6.07) is 9.32. The van der Waals surface area contributed by atoms with Crippen molar-refractivity contribution in [2.45, 2.75) is 0 Å². The van der Waals surface area contributed by atoms with Crippen LogP contribution in [0.25, 0.3) is 6.08 Å². The minimum absolute atomic E-state index is 0.577. The molecule has 17 heavy (non-hydrogen) atoms. The average molecular weight is 226 g/mol. The summed E-state index contributed by atoms with van der Waals surface area (Å²) in [6.45, 7) is 0. The van der Waals surface area contributed by atoms with E-state index >= 15 is 0 Å².